The highest BCUT2D eigenvalue weighted by Gasteiger charge is 2.26. The van der Waals surface area contributed by atoms with Crippen molar-refractivity contribution in [2.24, 2.45) is 0 Å². The number of ketones is 1. The molecule has 1 fully saturated rings. The Balaban J connectivity index is 2.27. The molecule has 0 bridgehead atoms. The van der Waals surface area contributed by atoms with Gasteiger partial charge in [-0.15, -0.1) is 0 Å². The Labute approximate surface area is 96.7 Å². The highest BCUT2D eigenvalue weighted by molar-refractivity contribution is 9.10. The number of nitrogen functional groups attached to an aromatic ring is 1. The first-order chi connectivity index (χ1) is 7.18. The Morgan fingerprint density at radius 3 is 3.00 bits per heavy atom. The molecule has 1 unspecified atom stereocenters. The zero-order chi connectivity index (χ0) is 10.8. The zero-order valence-corrected chi connectivity index (χ0v) is 9.79. The SMILES string of the molecule is Nc1ccc(Br)cc1C(=O)C1CCCO1. The van der Waals surface area contributed by atoms with E-state index in [0.717, 1.165) is 17.3 Å². The predicted molar refractivity (Wildman–Crippen MR) is 61.9 cm³/mol. The van der Waals surface area contributed by atoms with E-state index in [4.69, 9.17) is 10.5 Å². The lowest BCUT2D eigenvalue weighted by molar-refractivity contribution is 0.0644. The van der Waals surface area contributed by atoms with Gasteiger partial charge in [0.1, 0.15) is 6.10 Å². The van der Waals surface area contributed by atoms with Gasteiger partial charge in [0.2, 0.25) is 0 Å². The minimum Gasteiger partial charge on any atom is -0.398 e. The Morgan fingerprint density at radius 1 is 1.53 bits per heavy atom. The number of hydrogen-bond acceptors (Lipinski definition) is 3. The fourth-order valence-electron chi connectivity index (χ4n) is 1.70. The molecule has 4 heteroatoms. The monoisotopic (exact) mass is 269 g/mol. The van der Waals surface area contributed by atoms with Gasteiger partial charge >= 0.3 is 0 Å². The van der Waals surface area contributed by atoms with Gasteiger partial charge < -0.3 is 10.5 Å². The standard InChI is InChI=1S/C11H12BrNO2/c12-7-3-4-9(13)8(6-7)11(14)10-2-1-5-15-10/h3-4,6,10H,1-2,5,13H2. The molecule has 1 saturated heterocycles. The van der Waals surface area contributed by atoms with Gasteiger partial charge in [0.25, 0.3) is 0 Å². The maximum absolute atomic E-state index is 12.0. The van der Waals surface area contributed by atoms with Crippen LogP contribution in [0.2, 0.25) is 0 Å². The molecule has 0 aromatic heterocycles. The Kier molecular flexibility index (Phi) is 3.07. The second-order valence-corrected chi connectivity index (χ2v) is 4.51. The van der Waals surface area contributed by atoms with Crippen molar-refractivity contribution in [1.29, 1.82) is 0 Å². The van der Waals surface area contributed by atoms with Crippen LogP contribution in [-0.4, -0.2) is 18.5 Å². The van der Waals surface area contributed by atoms with E-state index in [1.54, 1.807) is 12.1 Å². The van der Waals surface area contributed by atoms with E-state index in [2.05, 4.69) is 15.9 Å². The predicted octanol–water partition coefficient (Wildman–Crippen LogP) is 2.39. The number of hydrogen-bond donors (Lipinski definition) is 1. The summed E-state index contributed by atoms with van der Waals surface area (Å²) in [6.45, 7) is 0.671. The molecule has 1 aromatic rings. The molecule has 1 aliphatic rings. The minimum atomic E-state index is -0.304. The number of nitrogens with two attached hydrogens (primary N) is 1. The third kappa shape index (κ3) is 2.21. The van der Waals surface area contributed by atoms with Gasteiger partial charge in [0.15, 0.2) is 5.78 Å². The third-order valence-electron chi connectivity index (χ3n) is 2.50. The quantitative estimate of drug-likeness (QED) is 0.663. The molecular weight excluding hydrogens is 258 g/mol. The summed E-state index contributed by atoms with van der Waals surface area (Å²) in [6, 6.07) is 5.30. The van der Waals surface area contributed by atoms with Crippen LogP contribution in [-0.2, 0) is 4.74 Å². The van der Waals surface area contributed by atoms with Gasteiger partial charge in [-0.2, -0.15) is 0 Å². The van der Waals surface area contributed by atoms with Crippen LogP contribution < -0.4 is 5.73 Å². The Morgan fingerprint density at radius 2 is 2.33 bits per heavy atom. The lowest BCUT2D eigenvalue weighted by Crippen LogP contribution is -2.20. The van der Waals surface area contributed by atoms with Gasteiger partial charge in [-0.25, -0.2) is 0 Å². The number of Topliss-reactive ketones (excluding diaryl/α,β-unsaturated/α-hetero) is 1. The first-order valence-corrected chi connectivity index (χ1v) is 5.68. The highest BCUT2D eigenvalue weighted by Crippen LogP contribution is 2.23. The molecule has 0 amide bonds. The van der Waals surface area contributed by atoms with Gasteiger partial charge in [-0.05, 0) is 31.0 Å². The molecule has 1 atom stereocenters. The summed E-state index contributed by atoms with van der Waals surface area (Å²) in [6.07, 6.45) is 1.44. The normalized spacial score (nSPS) is 20.5. The zero-order valence-electron chi connectivity index (χ0n) is 8.20. The van der Waals surface area contributed by atoms with Crippen LogP contribution in [0.1, 0.15) is 23.2 Å². The van der Waals surface area contributed by atoms with Gasteiger partial charge in [0, 0.05) is 22.3 Å². The molecule has 0 aliphatic carbocycles. The van der Waals surface area contributed by atoms with E-state index in [-0.39, 0.29) is 11.9 Å². The highest BCUT2D eigenvalue weighted by atomic mass is 79.9. The number of carbonyl (C=O) groups excluding carboxylic acids is 1. The van der Waals surface area contributed by atoms with E-state index in [9.17, 15) is 4.79 Å². The van der Waals surface area contributed by atoms with Gasteiger partial charge in [-0.3, -0.25) is 4.79 Å². The molecule has 3 nitrogen and oxygen atoms in total. The van der Waals surface area contributed by atoms with Crippen molar-refractivity contribution >= 4 is 27.4 Å². The van der Waals surface area contributed by atoms with Crippen LogP contribution in [0.4, 0.5) is 5.69 Å². The van der Waals surface area contributed by atoms with Gasteiger partial charge in [-0.1, -0.05) is 15.9 Å². The topological polar surface area (TPSA) is 52.3 Å². The number of anilines is 1. The van der Waals surface area contributed by atoms with Crippen molar-refractivity contribution in [2.75, 3.05) is 12.3 Å². The van der Waals surface area contributed by atoms with E-state index in [0.29, 0.717) is 17.9 Å². The number of carbonyl (C=O) groups is 1. The molecule has 80 valence electrons. The lowest BCUT2D eigenvalue weighted by atomic mass is 10.0. The Bertz CT molecular complexity index is 386. The number of halogens is 1. The number of ether oxygens (including phenoxy) is 1. The third-order valence-corrected chi connectivity index (χ3v) is 3.00. The van der Waals surface area contributed by atoms with Crippen LogP contribution in [0.5, 0.6) is 0 Å². The molecule has 15 heavy (non-hydrogen) atoms. The van der Waals surface area contributed by atoms with Crippen molar-refractivity contribution in [3.8, 4) is 0 Å². The molecule has 2 rings (SSSR count). The van der Waals surface area contributed by atoms with E-state index < -0.39 is 0 Å². The summed E-state index contributed by atoms with van der Waals surface area (Å²) in [5.74, 6) is -0.00806. The van der Waals surface area contributed by atoms with Crippen molar-refractivity contribution in [3.63, 3.8) is 0 Å². The molecule has 0 saturated carbocycles. The summed E-state index contributed by atoms with van der Waals surface area (Å²) in [4.78, 5) is 12.0. The van der Waals surface area contributed by atoms with Crippen molar-refractivity contribution in [2.45, 2.75) is 18.9 Å². The first-order valence-electron chi connectivity index (χ1n) is 4.89. The molecule has 1 heterocycles. The Hall–Kier alpha value is -0.870. The van der Waals surface area contributed by atoms with Crippen molar-refractivity contribution in [1.82, 2.24) is 0 Å². The maximum Gasteiger partial charge on any atom is 0.193 e. The summed E-state index contributed by atoms with van der Waals surface area (Å²) < 4.78 is 6.20. The summed E-state index contributed by atoms with van der Waals surface area (Å²) in [5, 5.41) is 0. The largest absolute Gasteiger partial charge is 0.398 e. The van der Waals surface area contributed by atoms with Crippen molar-refractivity contribution < 1.29 is 9.53 Å². The maximum atomic E-state index is 12.0. The van der Waals surface area contributed by atoms with Crippen LogP contribution in [0.25, 0.3) is 0 Å². The first kappa shape index (κ1) is 10.6. The molecule has 1 aliphatic heterocycles. The average Bonchev–Trinajstić information content (AvgIpc) is 2.74. The van der Waals surface area contributed by atoms with Crippen LogP contribution in [0.3, 0.4) is 0 Å². The van der Waals surface area contributed by atoms with E-state index in [1.165, 1.54) is 0 Å². The minimum absolute atomic E-state index is 0.00806. The molecule has 0 spiro atoms. The average molecular weight is 270 g/mol. The van der Waals surface area contributed by atoms with E-state index in [1.807, 2.05) is 6.07 Å². The second-order valence-electron chi connectivity index (χ2n) is 3.60. The van der Waals surface area contributed by atoms with Crippen LogP contribution in [0, 0.1) is 0 Å². The summed E-state index contributed by atoms with van der Waals surface area (Å²) in [7, 11) is 0. The molecule has 1 aromatic carbocycles. The fourth-order valence-corrected chi connectivity index (χ4v) is 2.06. The smallest absolute Gasteiger partial charge is 0.193 e. The van der Waals surface area contributed by atoms with Gasteiger partial charge in [0.05, 0.1) is 0 Å². The summed E-state index contributed by atoms with van der Waals surface area (Å²) in [5.41, 5.74) is 6.83. The molecule has 0 radical (unpaired) electrons. The molecular formula is C11H12BrNO2. The number of benzene rings is 1. The van der Waals surface area contributed by atoms with Crippen LogP contribution in [0.15, 0.2) is 22.7 Å². The van der Waals surface area contributed by atoms with Crippen molar-refractivity contribution in [3.05, 3.63) is 28.2 Å². The summed E-state index contributed by atoms with van der Waals surface area (Å²) >= 11 is 3.32. The lowest BCUT2D eigenvalue weighted by Gasteiger charge is -2.10. The number of rotatable bonds is 2. The van der Waals surface area contributed by atoms with Crippen LogP contribution >= 0.6 is 15.9 Å². The fraction of sp³-hybridized carbons (Fsp3) is 0.364. The van der Waals surface area contributed by atoms with E-state index >= 15 is 0 Å². The molecule has 2 N–H and O–H groups in total. The second kappa shape index (κ2) is 4.33.